The van der Waals surface area contributed by atoms with Crippen LogP contribution < -0.4 is 10.2 Å². The largest absolute Gasteiger partial charge is 0.449 e. The van der Waals surface area contributed by atoms with Gasteiger partial charge in [0, 0.05) is 37.3 Å². The minimum atomic E-state index is -0.716. The van der Waals surface area contributed by atoms with Gasteiger partial charge < -0.3 is 19.9 Å². The highest BCUT2D eigenvalue weighted by Gasteiger charge is 2.57. The Balaban J connectivity index is 1.22. The summed E-state index contributed by atoms with van der Waals surface area (Å²) in [6.45, 7) is 2.77. The first-order valence-electron chi connectivity index (χ1n) is 11.3. The van der Waals surface area contributed by atoms with Crippen LogP contribution in [0.1, 0.15) is 40.7 Å². The molecule has 1 atom stereocenters. The molecule has 3 heterocycles. The lowest BCUT2D eigenvalue weighted by Crippen LogP contribution is -2.48. The number of nitrogens with one attached hydrogen (secondary N) is 1. The van der Waals surface area contributed by atoms with Gasteiger partial charge in [0.2, 0.25) is 11.8 Å². The third-order valence-electron chi connectivity index (χ3n) is 7.43. The molecule has 3 aliphatic heterocycles. The normalized spacial score (nSPS) is 25.8. The number of amides is 2. The van der Waals surface area contributed by atoms with Gasteiger partial charge in [-0.3, -0.25) is 9.59 Å². The van der Waals surface area contributed by atoms with Gasteiger partial charge in [-0.25, -0.2) is 4.79 Å². The van der Waals surface area contributed by atoms with Crippen molar-refractivity contribution in [1.82, 2.24) is 10.2 Å². The standard InChI is InChI=1S/C25H25N3O4/c29-21-15-26-12-14-28(21)18-7-5-17(6-8-18)24(9-10-24)23(31)27-13-11-25(16-27)20-4-2-1-3-19(20)22(30)32-25/h1-8,26H,9-16H2/t25-/m0/s1. The molecule has 32 heavy (non-hydrogen) atoms. The van der Waals surface area contributed by atoms with Crippen molar-refractivity contribution in [1.29, 1.82) is 0 Å². The van der Waals surface area contributed by atoms with Crippen LogP contribution in [0.2, 0.25) is 0 Å². The molecular weight excluding hydrogens is 406 g/mol. The minimum absolute atomic E-state index is 0.0648. The van der Waals surface area contributed by atoms with E-state index in [4.69, 9.17) is 4.74 Å². The Labute approximate surface area is 186 Å². The van der Waals surface area contributed by atoms with Crippen LogP contribution in [0.5, 0.6) is 0 Å². The zero-order valence-electron chi connectivity index (χ0n) is 17.8. The van der Waals surface area contributed by atoms with Crippen LogP contribution in [0.15, 0.2) is 48.5 Å². The molecule has 2 aromatic rings. The molecular formula is C25H25N3O4. The predicted molar refractivity (Wildman–Crippen MR) is 117 cm³/mol. The fraction of sp³-hybridized carbons (Fsp3) is 0.400. The Morgan fingerprint density at radius 1 is 0.969 bits per heavy atom. The highest BCUT2D eigenvalue weighted by atomic mass is 16.6. The van der Waals surface area contributed by atoms with Gasteiger partial charge in [0.1, 0.15) is 0 Å². The number of benzene rings is 2. The van der Waals surface area contributed by atoms with E-state index < -0.39 is 11.0 Å². The molecule has 1 spiro atoms. The van der Waals surface area contributed by atoms with Gasteiger partial charge in [0.15, 0.2) is 5.60 Å². The van der Waals surface area contributed by atoms with Gasteiger partial charge in [-0.2, -0.15) is 0 Å². The van der Waals surface area contributed by atoms with Crippen molar-refractivity contribution in [3.8, 4) is 0 Å². The summed E-state index contributed by atoms with van der Waals surface area (Å²) in [6.07, 6.45) is 2.26. The fourth-order valence-electron chi connectivity index (χ4n) is 5.50. The number of anilines is 1. The molecule has 3 fully saturated rings. The molecule has 2 saturated heterocycles. The number of rotatable bonds is 3. The Bertz CT molecular complexity index is 1120. The molecule has 2 aromatic carbocycles. The van der Waals surface area contributed by atoms with Gasteiger partial charge in [-0.05, 0) is 36.6 Å². The number of esters is 1. The number of fused-ring (bicyclic) bond motifs is 2. The molecule has 1 aliphatic carbocycles. The molecule has 0 aromatic heterocycles. The summed E-state index contributed by atoms with van der Waals surface area (Å²) in [7, 11) is 0. The van der Waals surface area contributed by atoms with E-state index in [2.05, 4.69) is 5.32 Å². The Kier molecular flexibility index (Phi) is 4.21. The summed E-state index contributed by atoms with van der Waals surface area (Å²) in [6, 6.07) is 15.4. The summed E-state index contributed by atoms with van der Waals surface area (Å²) in [5.41, 5.74) is 2.17. The monoisotopic (exact) mass is 431 g/mol. The molecule has 7 heteroatoms. The number of carbonyl (C=O) groups is 3. The van der Waals surface area contributed by atoms with E-state index in [1.165, 1.54) is 0 Å². The maximum absolute atomic E-state index is 13.6. The second kappa shape index (κ2) is 6.90. The Morgan fingerprint density at radius 3 is 2.50 bits per heavy atom. The third-order valence-corrected chi connectivity index (χ3v) is 7.43. The minimum Gasteiger partial charge on any atom is -0.449 e. The van der Waals surface area contributed by atoms with Crippen LogP contribution in [0.3, 0.4) is 0 Å². The highest BCUT2D eigenvalue weighted by molar-refractivity contribution is 5.97. The summed E-state index contributed by atoms with van der Waals surface area (Å²) >= 11 is 0. The van der Waals surface area contributed by atoms with Crippen molar-refractivity contribution in [3.05, 3.63) is 65.2 Å². The van der Waals surface area contributed by atoms with E-state index in [1.54, 1.807) is 11.0 Å². The molecule has 1 N–H and O–H groups in total. The molecule has 0 unspecified atom stereocenters. The van der Waals surface area contributed by atoms with E-state index in [-0.39, 0.29) is 17.8 Å². The molecule has 4 aliphatic rings. The summed E-state index contributed by atoms with van der Waals surface area (Å²) in [5, 5.41) is 3.08. The maximum atomic E-state index is 13.6. The maximum Gasteiger partial charge on any atom is 0.339 e. The molecule has 164 valence electrons. The number of hydrogen-bond donors (Lipinski definition) is 1. The number of ether oxygens (including phenoxy) is 1. The van der Waals surface area contributed by atoms with E-state index in [9.17, 15) is 14.4 Å². The summed E-state index contributed by atoms with van der Waals surface area (Å²) in [5.74, 6) is -0.121. The van der Waals surface area contributed by atoms with Gasteiger partial charge >= 0.3 is 5.97 Å². The SMILES string of the molecule is O=C1O[C@]2(CCN(C(=O)C3(c4ccc(N5CCNCC5=O)cc4)CC3)C2)c2ccccc21. The van der Waals surface area contributed by atoms with Gasteiger partial charge in [0.05, 0.1) is 24.1 Å². The van der Waals surface area contributed by atoms with E-state index in [1.807, 2.05) is 47.4 Å². The molecule has 6 rings (SSSR count). The van der Waals surface area contributed by atoms with Crippen molar-refractivity contribution in [2.45, 2.75) is 30.3 Å². The Morgan fingerprint density at radius 2 is 1.75 bits per heavy atom. The van der Waals surface area contributed by atoms with E-state index in [0.29, 0.717) is 38.2 Å². The topological polar surface area (TPSA) is 79.0 Å². The quantitative estimate of drug-likeness (QED) is 0.752. The lowest BCUT2D eigenvalue weighted by atomic mass is 9.91. The zero-order valence-corrected chi connectivity index (χ0v) is 17.8. The van der Waals surface area contributed by atoms with Crippen LogP contribution in [0.4, 0.5) is 5.69 Å². The number of likely N-dealkylation sites (tertiary alicyclic amines) is 1. The van der Waals surface area contributed by atoms with Crippen LogP contribution in [-0.4, -0.2) is 55.4 Å². The number of nitrogens with zero attached hydrogens (tertiary/aromatic N) is 2. The van der Waals surface area contributed by atoms with Crippen LogP contribution in [0.25, 0.3) is 0 Å². The van der Waals surface area contributed by atoms with Crippen LogP contribution in [0, 0.1) is 0 Å². The first-order valence-corrected chi connectivity index (χ1v) is 11.3. The molecule has 0 bridgehead atoms. The van der Waals surface area contributed by atoms with Crippen molar-refractivity contribution in [2.75, 3.05) is 37.6 Å². The average Bonchev–Trinajstić information content (AvgIpc) is 3.45. The van der Waals surface area contributed by atoms with Gasteiger partial charge in [0.25, 0.3) is 0 Å². The van der Waals surface area contributed by atoms with Crippen LogP contribution in [-0.2, 0) is 25.3 Å². The lowest BCUT2D eigenvalue weighted by molar-refractivity contribution is -0.134. The summed E-state index contributed by atoms with van der Waals surface area (Å²) < 4.78 is 5.82. The van der Waals surface area contributed by atoms with E-state index in [0.717, 1.165) is 36.2 Å². The average molecular weight is 431 g/mol. The van der Waals surface area contributed by atoms with Crippen molar-refractivity contribution in [2.24, 2.45) is 0 Å². The smallest absolute Gasteiger partial charge is 0.339 e. The molecule has 1 saturated carbocycles. The zero-order chi connectivity index (χ0) is 21.9. The van der Waals surface area contributed by atoms with E-state index >= 15 is 0 Å². The molecule has 0 radical (unpaired) electrons. The van der Waals surface area contributed by atoms with Crippen molar-refractivity contribution < 1.29 is 19.1 Å². The van der Waals surface area contributed by atoms with Crippen molar-refractivity contribution >= 4 is 23.5 Å². The second-order valence-corrected chi connectivity index (χ2v) is 9.26. The Hall–Kier alpha value is -3.19. The summed E-state index contributed by atoms with van der Waals surface area (Å²) in [4.78, 5) is 41.8. The third kappa shape index (κ3) is 2.80. The molecule has 7 nitrogen and oxygen atoms in total. The van der Waals surface area contributed by atoms with Gasteiger partial charge in [-0.1, -0.05) is 30.3 Å². The first kappa shape index (κ1) is 19.5. The number of hydrogen-bond acceptors (Lipinski definition) is 5. The van der Waals surface area contributed by atoms with Gasteiger partial charge in [-0.15, -0.1) is 0 Å². The second-order valence-electron chi connectivity index (χ2n) is 9.26. The molecule has 2 amide bonds. The lowest BCUT2D eigenvalue weighted by Gasteiger charge is -2.29. The highest BCUT2D eigenvalue weighted by Crippen LogP contribution is 2.52. The predicted octanol–water partition coefficient (Wildman–Crippen LogP) is 1.95. The fourth-order valence-corrected chi connectivity index (χ4v) is 5.50. The van der Waals surface area contributed by atoms with Crippen molar-refractivity contribution in [3.63, 3.8) is 0 Å². The first-order chi connectivity index (χ1) is 15.5. The number of piperazine rings is 1. The van der Waals surface area contributed by atoms with Crippen LogP contribution >= 0.6 is 0 Å². The number of carbonyl (C=O) groups excluding carboxylic acids is 3.